The van der Waals surface area contributed by atoms with Crippen LogP contribution in [0.25, 0.3) is 0 Å². The molecule has 0 bridgehead atoms. The van der Waals surface area contributed by atoms with Gasteiger partial charge in [0.25, 0.3) is 5.56 Å². The fourth-order valence-electron chi connectivity index (χ4n) is 1.74. The Kier molecular flexibility index (Phi) is 3.84. The number of aromatic nitrogens is 2. The van der Waals surface area contributed by atoms with Crippen LogP contribution in [0.4, 0.5) is 0 Å². The summed E-state index contributed by atoms with van der Waals surface area (Å²) in [5.74, 6) is -1.29. The van der Waals surface area contributed by atoms with Crippen molar-refractivity contribution in [3.8, 4) is 5.75 Å². The number of aromatic hydroxyl groups is 1. The summed E-state index contributed by atoms with van der Waals surface area (Å²) < 4.78 is 4.48. The molecule has 1 heterocycles. The normalized spacial score (nSPS) is 10.3. The van der Waals surface area contributed by atoms with Crippen LogP contribution in [0, 0.1) is 6.92 Å². The summed E-state index contributed by atoms with van der Waals surface area (Å²) in [6.07, 6.45) is 0.347. The highest BCUT2D eigenvalue weighted by Crippen LogP contribution is 2.12. The molecule has 0 fully saturated rings. The number of carbonyl (C=O) groups is 1. The molecule has 0 aliphatic heterocycles. The van der Waals surface area contributed by atoms with E-state index >= 15 is 0 Å². The summed E-state index contributed by atoms with van der Waals surface area (Å²) in [5.41, 5.74) is 0.914. The van der Waals surface area contributed by atoms with E-state index in [1.165, 1.54) is 0 Å². The molecule has 2 aromatic rings. The summed E-state index contributed by atoms with van der Waals surface area (Å²) >= 11 is 0. The number of nitrogens with one attached hydrogen (secondary N) is 1. The lowest BCUT2D eigenvalue weighted by atomic mass is 10.1. The van der Waals surface area contributed by atoms with Crippen LogP contribution in [0.15, 0.2) is 29.1 Å². The molecule has 0 spiro atoms. The molecule has 0 amide bonds. The number of nitrogens with zero attached hydrogens (tertiary/aromatic N) is 1. The second-order valence-corrected chi connectivity index (χ2v) is 4.36. The number of carbonyl (C=O) groups excluding carboxylic acids is 1. The van der Waals surface area contributed by atoms with Gasteiger partial charge in [0.1, 0.15) is 5.82 Å². The number of hydrogen-bond acceptors (Lipinski definition) is 5. The molecular formula is C14H14N2O4. The molecule has 20 heavy (non-hydrogen) atoms. The number of esters is 1. The molecule has 0 unspecified atom stereocenters. The van der Waals surface area contributed by atoms with Gasteiger partial charge in [-0.05, 0) is 12.5 Å². The molecule has 2 N–H and O–H groups in total. The van der Waals surface area contributed by atoms with Gasteiger partial charge in [0.05, 0.1) is 7.11 Å². The summed E-state index contributed by atoms with van der Waals surface area (Å²) in [6.45, 7) is 1.97. The van der Waals surface area contributed by atoms with E-state index in [1.54, 1.807) is 0 Å². The second kappa shape index (κ2) is 5.56. The van der Waals surface area contributed by atoms with Gasteiger partial charge in [-0.1, -0.05) is 29.8 Å². The van der Waals surface area contributed by atoms with E-state index in [0.717, 1.165) is 18.2 Å². The number of H-pyrrole nitrogens is 1. The summed E-state index contributed by atoms with van der Waals surface area (Å²) in [5, 5.41) is 9.52. The van der Waals surface area contributed by atoms with Crippen molar-refractivity contribution in [3.05, 3.63) is 57.3 Å². The van der Waals surface area contributed by atoms with Crippen LogP contribution in [-0.2, 0) is 11.2 Å². The molecule has 1 aromatic heterocycles. The first kappa shape index (κ1) is 13.8. The van der Waals surface area contributed by atoms with Gasteiger partial charge in [-0.2, -0.15) is 0 Å². The Balaban J connectivity index is 2.38. The highest BCUT2D eigenvalue weighted by atomic mass is 16.5. The maximum Gasteiger partial charge on any atom is 0.360 e. The first-order chi connectivity index (χ1) is 9.51. The van der Waals surface area contributed by atoms with E-state index in [4.69, 9.17) is 0 Å². The number of ether oxygens (including phenoxy) is 1. The number of benzene rings is 1. The third-order valence-corrected chi connectivity index (χ3v) is 2.81. The van der Waals surface area contributed by atoms with Crippen molar-refractivity contribution in [3.63, 3.8) is 0 Å². The molecule has 1 aromatic carbocycles. The number of aryl methyl sites for hydroxylation is 1. The van der Waals surface area contributed by atoms with Crippen molar-refractivity contribution < 1.29 is 14.6 Å². The average Bonchev–Trinajstić information content (AvgIpc) is 2.44. The maximum absolute atomic E-state index is 11.6. The Morgan fingerprint density at radius 3 is 2.60 bits per heavy atom. The van der Waals surface area contributed by atoms with Gasteiger partial charge in [-0.15, -0.1) is 0 Å². The molecule has 0 saturated heterocycles. The number of rotatable bonds is 3. The Morgan fingerprint density at radius 1 is 1.35 bits per heavy atom. The van der Waals surface area contributed by atoms with Crippen molar-refractivity contribution >= 4 is 5.97 Å². The quantitative estimate of drug-likeness (QED) is 0.819. The molecule has 0 aliphatic carbocycles. The Hall–Kier alpha value is -2.63. The minimum Gasteiger partial charge on any atom is -0.501 e. The molecule has 0 aliphatic rings. The summed E-state index contributed by atoms with van der Waals surface area (Å²) in [6, 6.07) is 7.68. The van der Waals surface area contributed by atoms with Crippen molar-refractivity contribution in [2.75, 3.05) is 7.11 Å². The third-order valence-electron chi connectivity index (χ3n) is 2.81. The van der Waals surface area contributed by atoms with Crippen molar-refractivity contribution in [2.45, 2.75) is 13.3 Å². The van der Waals surface area contributed by atoms with Crippen molar-refractivity contribution in [2.24, 2.45) is 0 Å². The van der Waals surface area contributed by atoms with Crippen molar-refractivity contribution in [1.82, 2.24) is 9.97 Å². The average molecular weight is 274 g/mol. The van der Waals surface area contributed by atoms with Crippen LogP contribution >= 0.6 is 0 Å². The smallest absolute Gasteiger partial charge is 0.360 e. The minimum atomic E-state index is -0.848. The van der Waals surface area contributed by atoms with Gasteiger partial charge in [0.15, 0.2) is 5.69 Å². The van der Waals surface area contributed by atoms with Crippen molar-refractivity contribution in [1.29, 1.82) is 0 Å². The highest BCUT2D eigenvalue weighted by Gasteiger charge is 2.18. The third kappa shape index (κ3) is 2.85. The van der Waals surface area contributed by atoms with E-state index < -0.39 is 17.3 Å². The maximum atomic E-state index is 11.6. The van der Waals surface area contributed by atoms with Gasteiger partial charge in [-0.25, -0.2) is 9.78 Å². The molecule has 6 heteroatoms. The largest absolute Gasteiger partial charge is 0.501 e. The lowest BCUT2D eigenvalue weighted by Crippen LogP contribution is -2.18. The van der Waals surface area contributed by atoms with Crippen LogP contribution in [0.1, 0.15) is 27.4 Å². The van der Waals surface area contributed by atoms with Gasteiger partial charge in [0.2, 0.25) is 5.75 Å². The zero-order chi connectivity index (χ0) is 14.7. The molecule has 6 nitrogen and oxygen atoms in total. The van der Waals surface area contributed by atoms with Crippen LogP contribution in [-0.4, -0.2) is 28.2 Å². The van der Waals surface area contributed by atoms with E-state index in [-0.39, 0.29) is 11.5 Å². The second-order valence-electron chi connectivity index (χ2n) is 4.36. The van der Waals surface area contributed by atoms with E-state index in [2.05, 4.69) is 14.7 Å². The van der Waals surface area contributed by atoms with Gasteiger partial charge in [-0.3, -0.25) is 4.79 Å². The van der Waals surface area contributed by atoms with E-state index in [1.807, 2.05) is 31.2 Å². The predicted molar refractivity (Wildman–Crippen MR) is 71.8 cm³/mol. The fraction of sp³-hybridized carbons (Fsp3) is 0.214. The summed E-state index contributed by atoms with van der Waals surface area (Å²) in [4.78, 5) is 29.4. The van der Waals surface area contributed by atoms with Crippen LogP contribution in [0.2, 0.25) is 0 Å². The SMILES string of the molecule is COC(=O)c1nc(Cc2ccc(C)cc2)[nH]c(=O)c1O. The number of hydrogen-bond donors (Lipinski definition) is 2. The number of methoxy groups -OCH3 is 1. The monoisotopic (exact) mass is 274 g/mol. The van der Waals surface area contributed by atoms with E-state index in [9.17, 15) is 14.7 Å². The zero-order valence-corrected chi connectivity index (χ0v) is 11.1. The molecule has 0 saturated carbocycles. The molecule has 0 radical (unpaired) electrons. The lowest BCUT2D eigenvalue weighted by Gasteiger charge is -2.05. The molecule has 2 rings (SSSR count). The first-order valence-electron chi connectivity index (χ1n) is 5.97. The standard InChI is InChI=1S/C14H14N2O4/c1-8-3-5-9(6-4-8)7-10-15-11(14(19)20-2)12(17)13(18)16-10/h3-6,17H,7H2,1-2H3,(H,15,16,18). The highest BCUT2D eigenvalue weighted by molar-refractivity contribution is 5.89. The number of aromatic amines is 1. The van der Waals surface area contributed by atoms with E-state index in [0.29, 0.717) is 6.42 Å². The molecule has 0 atom stereocenters. The Morgan fingerprint density at radius 2 is 2.00 bits per heavy atom. The van der Waals surface area contributed by atoms with Gasteiger partial charge >= 0.3 is 5.97 Å². The Bertz CT molecular complexity index is 689. The minimum absolute atomic E-state index is 0.289. The molecular weight excluding hydrogens is 260 g/mol. The van der Waals surface area contributed by atoms with Crippen LogP contribution in [0.5, 0.6) is 5.75 Å². The topological polar surface area (TPSA) is 92.3 Å². The predicted octanol–water partition coefficient (Wildman–Crippen LogP) is 1.16. The lowest BCUT2D eigenvalue weighted by molar-refractivity contribution is 0.0589. The summed E-state index contributed by atoms with van der Waals surface area (Å²) in [7, 11) is 1.16. The fourth-order valence-corrected chi connectivity index (χ4v) is 1.74. The first-order valence-corrected chi connectivity index (χ1v) is 5.97. The van der Waals surface area contributed by atoms with Gasteiger partial charge in [0, 0.05) is 6.42 Å². The Labute approximate surface area is 115 Å². The van der Waals surface area contributed by atoms with Gasteiger partial charge < -0.3 is 14.8 Å². The zero-order valence-electron chi connectivity index (χ0n) is 11.1. The van der Waals surface area contributed by atoms with Crippen LogP contribution < -0.4 is 5.56 Å². The molecule has 104 valence electrons. The van der Waals surface area contributed by atoms with Crippen LogP contribution in [0.3, 0.4) is 0 Å².